The highest BCUT2D eigenvalue weighted by Gasteiger charge is 2.22. The molecule has 1 amide bonds. The lowest BCUT2D eigenvalue weighted by Gasteiger charge is -2.18. The van der Waals surface area contributed by atoms with Gasteiger partial charge in [0.2, 0.25) is 0 Å². The normalized spacial score (nSPS) is 13.3. The average Bonchev–Trinajstić information content (AvgIpc) is 2.46. The zero-order chi connectivity index (χ0) is 16.0. The van der Waals surface area contributed by atoms with Gasteiger partial charge < -0.3 is 15.8 Å². The summed E-state index contributed by atoms with van der Waals surface area (Å²) in [5.41, 5.74) is 6.03. The van der Waals surface area contributed by atoms with E-state index in [1.54, 1.807) is 13.0 Å². The molecule has 0 saturated carbocycles. The second-order valence-electron chi connectivity index (χ2n) is 4.84. The predicted molar refractivity (Wildman–Crippen MR) is 79.0 cm³/mol. The minimum absolute atomic E-state index is 0.0221. The molecule has 0 spiro atoms. The molecule has 0 radical (unpaired) electrons. The minimum atomic E-state index is -0.828. The fourth-order valence-corrected chi connectivity index (χ4v) is 1.64. The molecular formula is C14H21N3O4. The standard InChI is InChI=1S/C14H21N3O4/c1-4-9(2)16-14(18)10(3)21-13-7-11(8-15)5-6-12(13)17(19)20/h5-7,9-10H,4,8,15H2,1-3H3,(H,16,18). The van der Waals surface area contributed by atoms with Crippen molar-refractivity contribution in [1.82, 2.24) is 5.32 Å². The molecule has 0 heterocycles. The zero-order valence-electron chi connectivity index (χ0n) is 12.5. The van der Waals surface area contributed by atoms with E-state index in [1.807, 2.05) is 13.8 Å². The summed E-state index contributed by atoms with van der Waals surface area (Å²) in [4.78, 5) is 22.4. The Morgan fingerprint density at radius 3 is 2.67 bits per heavy atom. The molecular weight excluding hydrogens is 274 g/mol. The molecule has 0 fully saturated rings. The highest BCUT2D eigenvalue weighted by Crippen LogP contribution is 2.28. The molecule has 116 valence electrons. The summed E-state index contributed by atoms with van der Waals surface area (Å²) < 4.78 is 5.45. The van der Waals surface area contributed by atoms with Gasteiger partial charge in [-0.1, -0.05) is 13.0 Å². The van der Waals surface area contributed by atoms with E-state index in [4.69, 9.17) is 10.5 Å². The molecule has 3 N–H and O–H groups in total. The highest BCUT2D eigenvalue weighted by molar-refractivity contribution is 5.81. The van der Waals surface area contributed by atoms with Crippen LogP contribution in [0.15, 0.2) is 18.2 Å². The number of nitrogens with zero attached hydrogens (tertiary/aromatic N) is 1. The van der Waals surface area contributed by atoms with Crippen LogP contribution in [0.1, 0.15) is 32.8 Å². The summed E-state index contributed by atoms with van der Waals surface area (Å²) in [7, 11) is 0. The number of nitrogens with one attached hydrogen (secondary N) is 1. The van der Waals surface area contributed by atoms with E-state index in [0.29, 0.717) is 5.56 Å². The van der Waals surface area contributed by atoms with Crippen molar-refractivity contribution in [3.8, 4) is 5.75 Å². The third kappa shape index (κ3) is 4.71. The minimum Gasteiger partial charge on any atom is -0.474 e. The lowest BCUT2D eigenvalue weighted by Crippen LogP contribution is -2.41. The Morgan fingerprint density at radius 2 is 2.14 bits per heavy atom. The van der Waals surface area contributed by atoms with Crippen molar-refractivity contribution in [2.24, 2.45) is 5.73 Å². The number of amides is 1. The van der Waals surface area contributed by atoms with Gasteiger partial charge in [0, 0.05) is 18.7 Å². The lowest BCUT2D eigenvalue weighted by atomic mass is 10.2. The number of rotatable bonds is 7. The monoisotopic (exact) mass is 295 g/mol. The maximum atomic E-state index is 11.9. The molecule has 0 aliphatic carbocycles. The van der Waals surface area contributed by atoms with Crippen LogP contribution in [0.2, 0.25) is 0 Å². The number of benzene rings is 1. The molecule has 1 rings (SSSR count). The summed E-state index contributed by atoms with van der Waals surface area (Å²) in [5, 5.41) is 13.8. The average molecular weight is 295 g/mol. The third-order valence-electron chi connectivity index (χ3n) is 3.13. The highest BCUT2D eigenvalue weighted by atomic mass is 16.6. The number of hydrogen-bond acceptors (Lipinski definition) is 5. The van der Waals surface area contributed by atoms with Crippen LogP contribution < -0.4 is 15.8 Å². The van der Waals surface area contributed by atoms with Crippen molar-refractivity contribution in [3.63, 3.8) is 0 Å². The van der Waals surface area contributed by atoms with Gasteiger partial charge in [-0.15, -0.1) is 0 Å². The Balaban J connectivity index is 2.89. The number of carbonyl (C=O) groups excluding carboxylic acids is 1. The molecule has 0 saturated heterocycles. The van der Waals surface area contributed by atoms with E-state index in [-0.39, 0.29) is 29.9 Å². The first-order chi connectivity index (χ1) is 9.88. The van der Waals surface area contributed by atoms with Crippen molar-refractivity contribution in [1.29, 1.82) is 0 Å². The topological polar surface area (TPSA) is 107 Å². The number of ether oxygens (including phenoxy) is 1. The van der Waals surface area contributed by atoms with Crippen molar-refractivity contribution < 1.29 is 14.5 Å². The van der Waals surface area contributed by atoms with Crippen LogP contribution in [0.3, 0.4) is 0 Å². The van der Waals surface area contributed by atoms with Gasteiger partial charge >= 0.3 is 5.69 Å². The fourth-order valence-electron chi connectivity index (χ4n) is 1.64. The maximum absolute atomic E-state index is 11.9. The number of nitro benzene ring substituents is 1. The predicted octanol–water partition coefficient (Wildman–Crippen LogP) is 1.74. The first-order valence-corrected chi connectivity index (χ1v) is 6.83. The largest absolute Gasteiger partial charge is 0.474 e. The molecule has 2 unspecified atom stereocenters. The lowest BCUT2D eigenvalue weighted by molar-refractivity contribution is -0.386. The summed E-state index contributed by atoms with van der Waals surface area (Å²) >= 11 is 0. The van der Waals surface area contributed by atoms with E-state index >= 15 is 0 Å². The van der Waals surface area contributed by atoms with Gasteiger partial charge in [0.25, 0.3) is 5.91 Å². The molecule has 7 nitrogen and oxygen atoms in total. The number of carbonyl (C=O) groups is 1. The van der Waals surface area contributed by atoms with Crippen LogP contribution in [0.4, 0.5) is 5.69 Å². The van der Waals surface area contributed by atoms with Crippen LogP contribution in [-0.4, -0.2) is 23.0 Å². The van der Waals surface area contributed by atoms with E-state index in [2.05, 4.69) is 5.32 Å². The molecule has 2 atom stereocenters. The molecule has 0 bridgehead atoms. The van der Waals surface area contributed by atoms with Crippen molar-refractivity contribution in [2.45, 2.75) is 45.9 Å². The smallest absolute Gasteiger partial charge is 0.310 e. The van der Waals surface area contributed by atoms with E-state index in [1.165, 1.54) is 12.1 Å². The van der Waals surface area contributed by atoms with Crippen molar-refractivity contribution in [3.05, 3.63) is 33.9 Å². The van der Waals surface area contributed by atoms with Crippen molar-refractivity contribution in [2.75, 3.05) is 0 Å². The van der Waals surface area contributed by atoms with Crippen molar-refractivity contribution >= 4 is 11.6 Å². The molecule has 7 heteroatoms. The second-order valence-corrected chi connectivity index (χ2v) is 4.84. The Hall–Kier alpha value is -2.15. The maximum Gasteiger partial charge on any atom is 0.310 e. The number of nitro groups is 1. The van der Waals surface area contributed by atoms with Gasteiger partial charge in [-0.3, -0.25) is 14.9 Å². The first kappa shape index (κ1) is 16.9. The first-order valence-electron chi connectivity index (χ1n) is 6.83. The van der Waals surface area contributed by atoms with Crippen LogP contribution in [0.25, 0.3) is 0 Å². The quantitative estimate of drug-likeness (QED) is 0.588. The fraction of sp³-hybridized carbons (Fsp3) is 0.500. The SMILES string of the molecule is CCC(C)NC(=O)C(C)Oc1cc(CN)ccc1[N+](=O)[O-]. The van der Waals surface area contributed by atoms with Crippen LogP contribution in [0.5, 0.6) is 5.75 Å². The molecule has 1 aromatic rings. The van der Waals surface area contributed by atoms with Gasteiger partial charge in [-0.2, -0.15) is 0 Å². The molecule has 0 aliphatic rings. The van der Waals surface area contributed by atoms with Gasteiger partial charge in [-0.25, -0.2) is 0 Å². The summed E-state index contributed by atoms with van der Waals surface area (Å²) in [6.45, 7) is 5.62. The zero-order valence-corrected chi connectivity index (χ0v) is 12.5. The molecule has 21 heavy (non-hydrogen) atoms. The van der Waals surface area contributed by atoms with Gasteiger partial charge in [0.1, 0.15) is 0 Å². The van der Waals surface area contributed by atoms with E-state index in [0.717, 1.165) is 6.42 Å². The number of nitrogens with two attached hydrogens (primary N) is 1. The second kappa shape index (κ2) is 7.58. The Labute approximate surface area is 123 Å². The Morgan fingerprint density at radius 1 is 1.48 bits per heavy atom. The Bertz CT molecular complexity index is 519. The van der Waals surface area contributed by atoms with Crippen LogP contribution in [-0.2, 0) is 11.3 Å². The van der Waals surface area contributed by atoms with E-state index < -0.39 is 11.0 Å². The number of hydrogen-bond donors (Lipinski definition) is 2. The summed E-state index contributed by atoms with van der Waals surface area (Å²) in [5.74, 6) is -0.258. The summed E-state index contributed by atoms with van der Waals surface area (Å²) in [6, 6.07) is 4.41. The Kier molecular flexibility index (Phi) is 6.10. The summed E-state index contributed by atoms with van der Waals surface area (Å²) in [6.07, 6.45) is -0.0351. The van der Waals surface area contributed by atoms with Gasteiger partial charge in [-0.05, 0) is 31.9 Å². The van der Waals surface area contributed by atoms with Crippen LogP contribution >= 0.6 is 0 Å². The van der Waals surface area contributed by atoms with Gasteiger partial charge in [0.05, 0.1) is 4.92 Å². The van der Waals surface area contributed by atoms with Crippen LogP contribution in [0, 0.1) is 10.1 Å². The third-order valence-corrected chi connectivity index (χ3v) is 3.13. The van der Waals surface area contributed by atoms with Gasteiger partial charge in [0.15, 0.2) is 11.9 Å². The van der Waals surface area contributed by atoms with E-state index in [9.17, 15) is 14.9 Å². The molecule has 1 aromatic carbocycles. The molecule has 0 aromatic heterocycles. The molecule has 0 aliphatic heterocycles.